The Morgan fingerprint density at radius 3 is 2.62 bits per heavy atom. The number of rotatable bonds is 2. The third kappa shape index (κ3) is 2.29. The van der Waals surface area contributed by atoms with Crippen molar-refractivity contribution < 1.29 is 4.39 Å². The standard InChI is InChI=1S/C10H11ClFN/c1-7(10(12)6-13)8-4-2-3-5-9(8)11/h2-5H,6,13H2,1H3/b10-7-. The molecule has 0 aliphatic rings. The second-order valence-corrected chi connectivity index (χ2v) is 3.12. The van der Waals surface area contributed by atoms with Crippen LogP contribution in [0.2, 0.25) is 5.02 Å². The maximum Gasteiger partial charge on any atom is 0.117 e. The predicted molar refractivity (Wildman–Crippen MR) is 54.2 cm³/mol. The average molecular weight is 200 g/mol. The fraction of sp³-hybridized carbons (Fsp3) is 0.200. The number of nitrogens with two attached hydrogens (primary N) is 1. The van der Waals surface area contributed by atoms with Crippen molar-refractivity contribution in [2.75, 3.05) is 6.54 Å². The first-order valence-electron chi connectivity index (χ1n) is 3.97. The van der Waals surface area contributed by atoms with Crippen LogP contribution in [0.1, 0.15) is 12.5 Å². The lowest BCUT2D eigenvalue weighted by atomic mass is 10.1. The van der Waals surface area contributed by atoms with E-state index in [9.17, 15) is 4.39 Å². The summed E-state index contributed by atoms with van der Waals surface area (Å²) in [4.78, 5) is 0. The fourth-order valence-corrected chi connectivity index (χ4v) is 1.34. The summed E-state index contributed by atoms with van der Waals surface area (Å²) in [5, 5.41) is 0.545. The molecule has 70 valence electrons. The minimum absolute atomic E-state index is 0.0863. The van der Waals surface area contributed by atoms with Gasteiger partial charge in [-0.3, -0.25) is 0 Å². The van der Waals surface area contributed by atoms with E-state index >= 15 is 0 Å². The van der Waals surface area contributed by atoms with Crippen molar-refractivity contribution in [1.29, 1.82) is 0 Å². The third-order valence-electron chi connectivity index (χ3n) is 1.86. The maximum absolute atomic E-state index is 13.1. The lowest BCUT2D eigenvalue weighted by Gasteiger charge is -2.04. The molecule has 0 radical (unpaired) electrons. The van der Waals surface area contributed by atoms with Crippen LogP contribution in [0.15, 0.2) is 30.1 Å². The monoisotopic (exact) mass is 199 g/mol. The molecule has 0 atom stereocenters. The van der Waals surface area contributed by atoms with Crippen LogP contribution in [0.25, 0.3) is 5.57 Å². The first kappa shape index (κ1) is 10.2. The second-order valence-electron chi connectivity index (χ2n) is 2.71. The molecule has 0 amide bonds. The Kier molecular flexibility index (Phi) is 3.46. The molecular formula is C10H11ClFN. The van der Waals surface area contributed by atoms with Gasteiger partial charge < -0.3 is 5.73 Å². The third-order valence-corrected chi connectivity index (χ3v) is 2.19. The van der Waals surface area contributed by atoms with Gasteiger partial charge in [-0.1, -0.05) is 29.8 Å². The van der Waals surface area contributed by atoms with Gasteiger partial charge in [0.15, 0.2) is 0 Å². The van der Waals surface area contributed by atoms with Crippen molar-refractivity contribution in [3.63, 3.8) is 0 Å². The highest BCUT2D eigenvalue weighted by molar-refractivity contribution is 6.32. The molecule has 0 aliphatic heterocycles. The largest absolute Gasteiger partial charge is 0.325 e. The zero-order valence-electron chi connectivity index (χ0n) is 7.35. The topological polar surface area (TPSA) is 26.0 Å². The van der Waals surface area contributed by atoms with Crippen molar-refractivity contribution in [1.82, 2.24) is 0 Å². The predicted octanol–water partition coefficient (Wildman–Crippen LogP) is 3.00. The zero-order chi connectivity index (χ0) is 9.84. The van der Waals surface area contributed by atoms with Gasteiger partial charge in [0.05, 0.1) is 0 Å². The first-order chi connectivity index (χ1) is 6.16. The van der Waals surface area contributed by atoms with Gasteiger partial charge in [0.25, 0.3) is 0 Å². The molecule has 1 nitrogen and oxygen atoms in total. The van der Waals surface area contributed by atoms with E-state index in [4.69, 9.17) is 17.3 Å². The highest BCUT2D eigenvalue weighted by atomic mass is 35.5. The van der Waals surface area contributed by atoms with E-state index in [1.807, 2.05) is 6.07 Å². The Labute approximate surface area is 82.0 Å². The number of benzene rings is 1. The molecule has 3 heteroatoms. The molecule has 0 fully saturated rings. The van der Waals surface area contributed by atoms with Crippen LogP contribution >= 0.6 is 11.6 Å². The maximum atomic E-state index is 13.1. The molecule has 0 saturated carbocycles. The van der Waals surface area contributed by atoms with E-state index in [0.717, 1.165) is 0 Å². The van der Waals surface area contributed by atoms with E-state index < -0.39 is 0 Å². The Bertz CT molecular complexity index is 333. The SMILES string of the molecule is C/C(=C(/F)CN)c1ccccc1Cl. The van der Waals surface area contributed by atoms with Crippen LogP contribution in [0.4, 0.5) is 4.39 Å². The molecule has 1 aromatic carbocycles. The molecule has 13 heavy (non-hydrogen) atoms. The van der Waals surface area contributed by atoms with E-state index in [1.54, 1.807) is 25.1 Å². The number of allylic oxidation sites excluding steroid dienone is 1. The lowest BCUT2D eigenvalue weighted by Crippen LogP contribution is -2.01. The van der Waals surface area contributed by atoms with Crippen LogP contribution in [0.3, 0.4) is 0 Å². The van der Waals surface area contributed by atoms with Crippen molar-refractivity contribution in [2.45, 2.75) is 6.92 Å². The lowest BCUT2D eigenvalue weighted by molar-refractivity contribution is 0.621. The van der Waals surface area contributed by atoms with Crippen molar-refractivity contribution >= 4 is 17.2 Å². The normalized spacial score (nSPS) is 12.6. The Morgan fingerprint density at radius 2 is 2.08 bits per heavy atom. The minimum Gasteiger partial charge on any atom is -0.325 e. The molecule has 0 aromatic heterocycles. The zero-order valence-corrected chi connectivity index (χ0v) is 8.11. The Balaban J connectivity index is 3.16. The van der Waals surface area contributed by atoms with Crippen LogP contribution < -0.4 is 5.73 Å². The van der Waals surface area contributed by atoms with Crippen molar-refractivity contribution in [3.05, 3.63) is 40.7 Å². The summed E-state index contributed by atoms with van der Waals surface area (Å²) < 4.78 is 13.1. The van der Waals surface area contributed by atoms with E-state index in [-0.39, 0.29) is 12.4 Å². The van der Waals surface area contributed by atoms with Gasteiger partial charge in [0.2, 0.25) is 0 Å². The summed E-state index contributed by atoms with van der Waals surface area (Å²) in [6.07, 6.45) is 0. The molecule has 0 aliphatic carbocycles. The summed E-state index contributed by atoms with van der Waals surface area (Å²) in [6.45, 7) is 1.58. The quantitative estimate of drug-likeness (QED) is 0.779. The summed E-state index contributed by atoms with van der Waals surface area (Å²) in [5.74, 6) is -0.326. The molecule has 1 rings (SSSR count). The summed E-state index contributed by atoms with van der Waals surface area (Å²) in [5.41, 5.74) is 6.39. The van der Waals surface area contributed by atoms with Gasteiger partial charge in [-0.05, 0) is 24.1 Å². The molecule has 1 aromatic rings. The van der Waals surface area contributed by atoms with Gasteiger partial charge in [0, 0.05) is 11.6 Å². The average Bonchev–Trinajstić information content (AvgIpc) is 2.16. The van der Waals surface area contributed by atoms with Crippen LogP contribution in [-0.2, 0) is 0 Å². The van der Waals surface area contributed by atoms with E-state index in [0.29, 0.717) is 16.2 Å². The van der Waals surface area contributed by atoms with E-state index in [2.05, 4.69) is 0 Å². The fourth-order valence-electron chi connectivity index (χ4n) is 1.06. The van der Waals surface area contributed by atoms with Crippen LogP contribution in [-0.4, -0.2) is 6.54 Å². The smallest absolute Gasteiger partial charge is 0.117 e. The van der Waals surface area contributed by atoms with E-state index in [1.165, 1.54) is 0 Å². The second kappa shape index (κ2) is 4.40. The summed E-state index contributed by atoms with van der Waals surface area (Å²) in [6, 6.07) is 7.12. The Hall–Kier alpha value is -0.860. The number of hydrogen-bond donors (Lipinski definition) is 1. The molecule has 0 unspecified atom stereocenters. The summed E-state index contributed by atoms with van der Waals surface area (Å²) >= 11 is 5.88. The molecular weight excluding hydrogens is 189 g/mol. The molecule has 2 N–H and O–H groups in total. The number of hydrogen-bond acceptors (Lipinski definition) is 1. The molecule has 0 spiro atoms. The van der Waals surface area contributed by atoms with Gasteiger partial charge >= 0.3 is 0 Å². The highest BCUT2D eigenvalue weighted by Crippen LogP contribution is 2.25. The van der Waals surface area contributed by atoms with Gasteiger partial charge in [0.1, 0.15) is 5.83 Å². The van der Waals surface area contributed by atoms with Gasteiger partial charge in [-0.15, -0.1) is 0 Å². The van der Waals surface area contributed by atoms with Gasteiger partial charge in [-0.2, -0.15) is 0 Å². The van der Waals surface area contributed by atoms with Crippen LogP contribution in [0, 0.1) is 0 Å². The summed E-state index contributed by atoms with van der Waals surface area (Å²) in [7, 11) is 0. The highest BCUT2D eigenvalue weighted by Gasteiger charge is 2.05. The molecule has 0 saturated heterocycles. The Morgan fingerprint density at radius 1 is 1.46 bits per heavy atom. The molecule has 0 bridgehead atoms. The molecule has 0 heterocycles. The van der Waals surface area contributed by atoms with Crippen molar-refractivity contribution in [3.8, 4) is 0 Å². The van der Waals surface area contributed by atoms with Crippen LogP contribution in [0.5, 0.6) is 0 Å². The minimum atomic E-state index is -0.326. The number of halogens is 2. The van der Waals surface area contributed by atoms with Gasteiger partial charge in [-0.25, -0.2) is 4.39 Å². The first-order valence-corrected chi connectivity index (χ1v) is 4.35. The van der Waals surface area contributed by atoms with Crippen molar-refractivity contribution in [2.24, 2.45) is 5.73 Å².